The molecule has 1 aromatic carbocycles. The SMILES string of the molecule is CC1CCC(O)(c2ccc3c(c2)OCCO3)C1. The maximum Gasteiger partial charge on any atom is 0.161 e. The Morgan fingerprint density at radius 3 is 2.71 bits per heavy atom. The highest BCUT2D eigenvalue weighted by Crippen LogP contribution is 2.44. The van der Waals surface area contributed by atoms with Gasteiger partial charge in [0, 0.05) is 0 Å². The van der Waals surface area contributed by atoms with Gasteiger partial charge in [-0.25, -0.2) is 0 Å². The van der Waals surface area contributed by atoms with Crippen molar-refractivity contribution in [2.45, 2.75) is 31.8 Å². The topological polar surface area (TPSA) is 38.7 Å². The minimum Gasteiger partial charge on any atom is -0.486 e. The smallest absolute Gasteiger partial charge is 0.161 e. The van der Waals surface area contributed by atoms with E-state index in [1.165, 1.54) is 0 Å². The molecule has 2 aliphatic rings. The largest absolute Gasteiger partial charge is 0.486 e. The maximum absolute atomic E-state index is 10.6. The van der Waals surface area contributed by atoms with Crippen LogP contribution in [0.15, 0.2) is 18.2 Å². The van der Waals surface area contributed by atoms with Crippen molar-refractivity contribution in [2.24, 2.45) is 5.92 Å². The Hall–Kier alpha value is -1.22. The van der Waals surface area contributed by atoms with Crippen molar-refractivity contribution in [1.82, 2.24) is 0 Å². The van der Waals surface area contributed by atoms with Crippen LogP contribution in [0.25, 0.3) is 0 Å². The normalized spacial score (nSPS) is 31.5. The van der Waals surface area contributed by atoms with Crippen molar-refractivity contribution in [3.05, 3.63) is 23.8 Å². The molecule has 92 valence electrons. The van der Waals surface area contributed by atoms with Crippen LogP contribution in [0.2, 0.25) is 0 Å². The van der Waals surface area contributed by atoms with Gasteiger partial charge in [-0.3, -0.25) is 0 Å². The fraction of sp³-hybridized carbons (Fsp3) is 0.571. The highest BCUT2D eigenvalue weighted by molar-refractivity contribution is 5.45. The Morgan fingerprint density at radius 1 is 1.24 bits per heavy atom. The molecule has 0 bridgehead atoms. The van der Waals surface area contributed by atoms with Gasteiger partial charge in [-0.1, -0.05) is 13.0 Å². The van der Waals surface area contributed by atoms with Crippen LogP contribution in [0.5, 0.6) is 11.5 Å². The van der Waals surface area contributed by atoms with Crippen molar-refractivity contribution in [2.75, 3.05) is 13.2 Å². The van der Waals surface area contributed by atoms with E-state index >= 15 is 0 Å². The van der Waals surface area contributed by atoms with E-state index < -0.39 is 5.60 Å². The summed E-state index contributed by atoms with van der Waals surface area (Å²) in [6, 6.07) is 5.81. The lowest BCUT2D eigenvalue weighted by atomic mass is 9.91. The first-order valence-electron chi connectivity index (χ1n) is 6.30. The van der Waals surface area contributed by atoms with E-state index in [4.69, 9.17) is 9.47 Å². The third kappa shape index (κ3) is 1.89. The van der Waals surface area contributed by atoms with Crippen molar-refractivity contribution in [1.29, 1.82) is 0 Å². The molecule has 1 aliphatic carbocycles. The van der Waals surface area contributed by atoms with Crippen molar-refractivity contribution in [3.8, 4) is 11.5 Å². The van der Waals surface area contributed by atoms with E-state index in [-0.39, 0.29) is 0 Å². The molecule has 3 nitrogen and oxygen atoms in total. The number of ether oxygens (including phenoxy) is 2. The Morgan fingerprint density at radius 2 is 2.00 bits per heavy atom. The molecule has 2 unspecified atom stereocenters. The van der Waals surface area contributed by atoms with Crippen molar-refractivity contribution >= 4 is 0 Å². The molecular formula is C14H18O3. The first-order valence-corrected chi connectivity index (χ1v) is 6.30. The highest BCUT2D eigenvalue weighted by atomic mass is 16.6. The van der Waals surface area contributed by atoms with Crippen molar-refractivity contribution < 1.29 is 14.6 Å². The summed E-state index contributed by atoms with van der Waals surface area (Å²) in [6.45, 7) is 3.38. The average Bonchev–Trinajstić information content (AvgIpc) is 2.70. The lowest BCUT2D eigenvalue weighted by Gasteiger charge is -2.26. The van der Waals surface area contributed by atoms with Crippen LogP contribution in [0, 0.1) is 5.92 Å². The second-order valence-corrected chi connectivity index (χ2v) is 5.24. The van der Waals surface area contributed by atoms with Crippen LogP contribution < -0.4 is 9.47 Å². The third-order valence-electron chi connectivity index (χ3n) is 3.82. The second kappa shape index (κ2) is 3.91. The van der Waals surface area contributed by atoms with E-state index in [0.717, 1.165) is 36.3 Å². The molecule has 2 atom stereocenters. The lowest BCUT2D eigenvalue weighted by Crippen LogP contribution is -2.22. The van der Waals surface area contributed by atoms with Crippen molar-refractivity contribution in [3.63, 3.8) is 0 Å². The quantitative estimate of drug-likeness (QED) is 0.811. The predicted molar refractivity (Wildman–Crippen MR) is 64.3 cm³/mol. The molecule has 3 heteroatoms. The Labute approximate surface area is 101 Å². The predicted octanol–water partition coefficient (Wildman–Crippen LogP) is 2.47. The Bertz CT molecular complexity index is 429. The van der Waals surface area contributed by atoms with Gasteiger partial charge in [0.1, 0.15) is 13.2 Å². The van der Waals surface area contributed by atoms with Gasteiger partial charge in [0.2, 0.25) is 0 Å². The van der Waals surface area contributed by atoms with Gasteiger partial charge in [0.15, 0.2) is 11.5 Å². The summed E-state index contributed by atoms with van der Waals surface area (Å²) in [6.07, 6.45) is 2.77. The van der Waals surface area contributed by atoms with E-state index in [9.17, 15) is 5.11 Å². The number of hydrogen-bond acceptors (Lipinski definition) is 3. The van der Waals surface area contributed by atoms with E-state index in [1.54, 1.807) is 0 Å². The number of fused-ring (bicyclic) bond motifs is 1. The number of aliphatic hydroxyl groups is 1. The minimum atomic E-state index is -0.671. The lowest BCUT2D eigenvalue weighted by molar-refractivity contribution is 0.0401. The third-order valence-corrected chi connectivity index (χ3v) is 3.82. The van der Waals surface area contributed by atoms with Crippen LogP contribution in [-0.2, 0) is 5.60 Å². The number of rotatable bonds is 1. The summed E-state index contributed by atoms with van der Waals surface area (Å²) in [5.41, 5.74) is 0.293. The summed E-state index contributed by atoms with van der Waals surface area (Å²) in [5.74, 6) is 2.14. The van der Waals surface area contributed by atoms with E-state index in [0.29, 0.717) is 19.1 Å². The van der Waals surface area contributed by atoms with Gasteiger partial charge < -0.3 is 14.6 Å². The first-order chi connectivity index (χ1) is 8.17. The molecule has 1 aliphatic heterocycles. The first kappa shape index (κ1) is 10.9. The number of benzene rings is 1. The van der Waals surface area contributed by atoms with Gasteiger partial charge in [0.25, 0.3) is 0 Å². The van der Waals surface area contributed by atoms with Crippen LogP contribution in [0.3, 0.4) is 0 Å². The molecule has 1 fully saturated rings. The van der Waals surface area contributed by atoms with Gasteiger partial charge >= 0.3 is 0 Å². The summed E-state index contributed by atoms with van der Waals surface area (Å²) >= 11 is 0. The zero-order valence-corrected chi connectivity index (χ0v) is 10.1. The van der Waals surface area contributed by atoms with Gasteiger partial charge in [0.05, 0.1) is 5.60 Å². The summed E-state index contributed by atoms with van der Waals surface area (Å²) in [4.78, 5) is 0. The molecule has 0 aromatic heterocycles. The monoisotopic (exact) mass is 234 g/mol. The van der Waals surface area contributed by atoms with Gasteiger partial charge in [-0.2, -0.15) is 0 Å². The molecule has 0 saturated heterocycles. The second-order valence-electron chi connectivity index (χ2n) is 5.24. The van der Waals surface area contributed by atoms with Crippen LogP contribution >= 0.6 is 0 Å². The number of hydrogen-bond donors (Lipinski definition) is 1. The molecule has 1 N–H and O–H groups in total. The van der Waals surface area contributed by atoms with Gasteiger partial charge in [-0.05, 0) is 42.9 Å². The van der Waals surface area contributed by atoms with E-state index in [2.05, 4.69) is 6.92 Å². The zero-order chi connectivity index (χ0) is 11.9. The molecule has 17 heavy (non-hydrogen) atoms. The molecule has 0 radical (unpaired) electrons. The molecule has 0 spiro atoms. The molecule has 3 rings (SSSR count). The molecule has 1 aromatic rings. The fourth-order valence-corrected chi connectivity index (χ4v) is 2.86. The van der Waals surface area contributed by atoms with Crippen LogP contribution in [0.1, 0.15) is 31.7 Å². The molecule has 0 amide bonds. The van der Waals surface area contributed by atoms with E-state index in [1.807, 2.05) is 18.2 Å². The molecule has 1 saturated carbocycles. The summed E-state index contributed by atoms with van der Waals surface area (Å²) in [7, 11) is 0. The standard InChI is InChI=1S/C14H18O3/c1-10-4-5-14(15,9-10)11-2-3-12-13(8-11)17-7-6-16-12/h2-3,8,10,15H,4-7,9H2,1H3. The van der Waals surface area contributed by atoms with Gasteiger partial charge in [-0.15, -0.1) is 0 Å². The molecule has 1 heterocycles. The Kier molecular flexibility index (Phi) is 2.51. The average molecular weight is 234 g/mol. The van der Waals surface area contributed by atoms with Crippen LogP contribution in [-0.4, -0.2) is 18.3 Å². The highest BCUT2D eigenvalue weighted by Gasteiger charge is 2.37. The minimum absolute atomic E-state index is 0.589. The van der Waals surface area contributed by atoms with Crippen LogP contribution in [0.4, 0.5) is 0 Å². The maximum atomic E-state index is 10.6. The summed E-state index contributed by atoms with van der Waals surface area (Å²) < 4.78 is 11.0. The zero-order valence-electron chi connectivity index (χ0n) is 10.1. The fourth-order valence-electron chi connectivity index (χ4n) is 2.86. The Balaban J connectivity index is 1.93. The summed E-state index contributed by atoms with van der Waals surface area (Å²) in [5, 5.41) is 10.6. The molecular weight excluding hydrogens is 216 g/mol.